The molecule has 0 saturated heterocycles. The third-order valence-electron chi connectivity index (χ3n) is 2.72. The third-order valence-corrected chi connectivity index (χ3v) is 2.72. The van der Waals surface area contributed by atoms with Crippen LogP contribution in [0.5, 0.6) is 0 Å². The zero-order chi connectivity index (χ0) is 12.7. The molecule has 0 amide bonds. The monoisotopic (exact) mass is 237 g/mol. The van der Waals surface area contributed by atoms with Crippen LogP contribution in [0.25, 0.3) is 0 Å². The molecule has 1 unspecified atom stereocenters. The number of aliphatic carboxylic acids is 1. The van der Waals surface area contributed by atoms with Crippen LogP contribution < -0.4 is 5.32 Å². The fourth-order valence-electron chi connectivity index (χ4n) is 1.66. The summed E-state index contributed by atoms with van der Waals surface area (Å²) in [6.07, 6.45) is 0.978. The van der Waals surface area contributed by atoms with Crippen molar-refractivity contribution in [1.82, 2.24) is 5.32 Å². The lowest BCUT2D eigenvalue weighted by molar-refractivity contribution is -0.144. The number of carbonyl (C=O) groups is 1. The van der Waals surface area contributed by atoms with Gasteiger partial charge in [-0.25, -0.2) is 0 Å². The highest BCUT2D eigenvalue weighted by atomic mass is 16.4. The molecule has 0 bridgehead atoms. The summed E-state index contributed by atoms with van der Waals surface area (Å²) in [6, 6.07) is 9.52. The largest absolute Gasteiger partial charge is 0.480 e. The van der Waals surface area contributed by atoms with Gasteiger partial charge in [-0.2, -0.15) is 0 Å². The minimum atomic E-state index is -0.990. The van der Waals surface area contributed by atoms with Gasteiger partial charge in [-0.3, -0.25) is 4.79 Å². The SMILES string of the molecule is CC(Cc1ccccc1)(NCCCO)C(=O)O. The van der Waals surface area contributed by atoms with Gasteiger partial charge in [-0.15, -0.1) is 0 Å². The molecule has 1 atom stereocenters. The molecule has 0 saturated carbocycles. The Hall–Kier alpha value is -1.39. The number of carboxylic acid groups (broad SMARTS) is 1. The van der Waals surface area contributed by atoms with E-state index in [9.17, 15) is 9.90 Å². The number of aliphatic hydroxyl groups excluding tert-OH is 1. The number of nitrogens with one attached hydrogen (secondary N) is 1. The van der Waals surface area contributed by atoms with E-state index in [1.807, 2.05) is 30.3 Å². The summed E-state index contributed by atoms with van der Waals surface area (Å²) in [4.78, 5) is 11.3. The van der Waals surface area contributed by atoms with E-state index in [0.717, 1.165) is 5.56 Å². The van der Waals surface area contributed by atoms with Gasteiger partial charge in [0.2, 0.25) is 0 Å². The Bertz CT molecular complexity index is 353. The number of hydrogen-bond donors (Lipinski definition) is 3. The molecule has 0 aromatic heterocycles. The molecule has 3 N–H and O–H groups in total. The molecule has 0 radical (unpaired) electrons. The summed E-state index contributed by atoms with van der Waals surface area (Å²) in [5, 5.41) is 21.0. The molecular formula is C13H19NO3. The summed E-state index contributed by atoms with van der Waals surface area (Å²) in [7, 11) is 0. The van der Waals surface area contributed by atoms with Gasteiger partial charge in [0.25, 0.3) is 0 Å². The number of hydrogen-bond acceptors (Lipinski definition) is 3. The lowest BCUT2D eigenvalue weighted by atomic mass is 9.93. The van der Waals surface area contributed by atoms with Gasteiger partial charge in [-0.05, 0) is 25.5 Å². The number of aliphatic hydroxyl groups is 1. The molecule has 0 heterocycles. The Morgan fingerprint density at radius 1 is 1.35 bits per heavy atom. The molecule has 0 aliphatic rings. The van der Waals surface area contributed by atoms with Crippen molar-refractivity contribution >= 4 is 5.97 Å². The number of rotatable bonds is 7. The first-order valence-electron chi connectivity index (χ1n) is 5.72. The Balaban J connectivity index is 2.68. The van der Waals surface area contributed by atoms with Crippen molar-refractivity contribution in [2.24, 2.45) is 0 Å². The molecular weight excluding hydrogens is 218 g/mol. The van der Waals surface area contributed by atoms with Crippen LogP contribution in [0.1, 0.15) is 18.9 Å². The molecule has 1 aromatic carbocycles. The van der Waals surface area contributed by atoms with E-state index in [1.54, 1.807) is 6.92 Å². The Labute approximate surface area is 101 Å². The second kappa shape index (κ2) is 6.37. The van der Waals surface area contributed by atoms with Gasteiger partial charge in [0.1, 0.15) is 5.54 Å². The van der Waals surface area contributed by atoms with Gasteiger partial charge >= 0.3 is 5.97 Å². The molecule has 0 aliphatic carbocycles. The maximum absolute atomic E-state index is 11.3. The van der Waals surface area contributed by atoms with E-state index in [4.69, 9.17) is 5.11 Å². The average molecular weight is 237 g/mol. The zero-order valence-electron chi connectivity index (χ0n) is 10.0. The predicted octanol–water partition coefficient (Wildman–Crippen LogP) is 1.04. The summed E-state index contributed by atoms with van der Waals surface area (Å²) in [5.41, 5.74) is -0.00910. The van der Waals surface area contributed by atoms with Gasteiger partial charge in [0.05, 0.1) is 0 Å². The molecule has 1 aromatic rings. The van der Waals surface area contributed by atoms with Crippen molar-refractivity contribution in [2.45, 2.75) is 25.3 Å². The Kier molecular flexibility index (Phi) is 5.12. The second-order valence-corrected chi connectivity index (χ2v) is 4.30. The topological polar surface area (TPSA) is 69.6 Å². The molecule has 4 heteroatoms. The van der Waals surface area contributed by atoms with Crippen LogP contribution in [0.15, 0.2) is 30.3 Å². The summed E-state index contributed by atoms with van der Waals surface area (Å²) < 4.78 is 0. The molecule has 0 aliphatic heterocycles. The quantitative estimate of drug-likeness (QED) is 0.620. The Morgan fingerprint density at radius 3 is 2.53 bits per heavy atom. The smallest absolute Gasteiger partial charge is 0.323 e. The van der Waals surface area contributed by atoms with Crippen LogP contribution >= 0.6 is 0 Å². The number of benzene rings is 1. The molecule has 94 valence electrons. The first kappa shape index (κ1) is 13.7. The Morgan fingerprint density at radius 2 is 2.00 bits per heavy atom. The van der Waals surface area contributed by atoms with Crippen LogP contribution in [-0.2, 0) is 11.2 Å². The van der Waals surface area contributed by atoms with Crippen LogP contribution in [0.2, 0.25) is 0 Å². The van der Waals surface area contributed by atoms with Gasteiger partial charge in [0.15, 0.2) is 0 Å². The molecule has 0 fully saturated rings. The fourth-order valence-corrected chi connectivity index (χ4v) is 1.66. The highest BCUT2D eigenvalue weighted by molar-refractivity contribution is 5.78. The second-order valence-electron chi connectivity index (χ2n) is 4.30. The van der Waals surface area contributed by atoms with Crippen molar-refractivity contribution < 1.29 is 15.0 Å². The summed E-state index contributed by atoms with van der Waals surface area (Å²) in [5.74, 6) is -0.876. The van der Waals surface area contributed by atoms with E-state index in [1.165, 1.54) is 0 Å². The van der Waals surface area contributed by atoms with E-state index < -0.39 is 11.5 Å². The standard InChI is InChI=1S/C13H19NO3/c1-13(12(16)17,14-8-5-9-15)10-11-6-3-2-4-7-11/h2-4,6-7,14-15H,5,8-10H2,1H3,(H,16,17). The lowest BCUT2D eigenvalue weighted by Gasteiger charge is -2.26. The van der Waals surface area contributed by atoms with Crippen LogP contribution in [0.4, 0.5) is 0 Å². The van der Waals surface area contributed by atoms with Crippen molar-refractivity contribution in [2.75, 3.05) is 13.2 Å². The van der Waals surface area contributed by atoms with E-state index >= 15 is 0 Å². The van der Waals surface area contributed by atoms with Crippen molar-refractivity contribution in [3.05, 3.63) is 35.9 Å². The molecule has 4 nitrogen and oxygen atoms in total. The minimum Gasteiger partial charge on any atom is -0.480 e. The first-order valence-corrected chi connectivity index (χ1v) is 5.72. The first-order chi connectivity index (χ1) is 8.08. The van der Waals surface area contributed by atoms with Gasteiger partial charge in [0, 0.05) is 13.0 Å². The zero-order valence-corrected chi connectivity index (χ0v) is 10.0. The van der Waals surface area contributed by atoms with Crippen molar-refractivity contribution in [3.8, 4) is 0 Å². The van der Waals surface area contributed by atoms with Crippen LogP contribution in [-0.4, -0.2) is 34.9 Å². The molecule has 1 rings (SSSR count). The summed E-state index contributed by atoms with van der Waals surface area (Å²) >= 11 is 0. The van der Waals surface area contributed by atoms with Crippen LogP contribution in [0, 0.1) is 0 Å². The van der Waals surface area contributed by atoms with Gasteiger partial charge in [-0.1, -0.05) is 30.3 Å². The fraction of sp³-hybridized carbons (Fsp3) is 0.462. The normalized spacial score (nSPS) is 14.2. The molecule has 17 heavy (non-hydrogen) atoms. The summed E-state index contributed by atoms with van der Waals surface area (Å²) in [6.45, 7) is 2.22. The van der Waals surface area contributed by atoms with Crippen molar-refractivity contribution in [1.29, 1.82) is 0 Å². The predicted molar refractivity (Wildman–Crippen MR) is 65.9 cm³/mol. The minimum absolute atomic E-state index is 0.0635. The van der Waals surface area contributed by atoms with Crippen molar-refractivity contribution in [3.63, 3.8) is 0 Å². The average Bonchev–Trinajstić information content (AvgIpc) is 2.30. The number of carboxylic acids is 1. The maximum Gasteiger partial charge on any atom is 0.323 e. The lowest BCUT2D eigenvalue weighted by Crippen LogP contribution is -2.51. The van der Waals surface area contributed by atoms with E-state index in [2.05, 4.69) is 5.32 Å². The third kappa shape index (κ3) is 4.17. The van der Waals surface area contributed by atoms with Crippen LogP contribution in [0.3, 0.4) is 0 Å². The van der Waals surface area contributed by atoms with E-state index in [0.29, 0.717) is 19.4 Å². The van der Waals surface area contributed by atoms with Gasteiger partial charge < -0.3 is 15.5 Å². The molecule has 0 spiro atoms. The highest BCUT2D eigenvalue weighted by Crippen LogP contribution is 2.13. The maximum atomic E-state index is 11.3. The highest BCUT2D eigenvalue weighted by Gasteiger charge is 2.32. The van der Waals surface area contributed by atoms with E-state index in [-0.39, 0.29) is 6.61 Å².